The monoisotopic (exact) mass is 297 g/mol. The summed E-state index contributed by atoms with van der Waals surface area (Å²) in [6, 6.07) is 7.91. The molecule has 1 aliphatic rings. The predicted octanol–water partition coefficient (Wildman–Crippen LogP) is 2.42. The van der Waals surface area contributed by atoms with Crippen molar-refractivity contribution in [1.82, 2.24) is 0 Å². The van der Waals surface area contributed by atoms with Gasteiger partial charge in [-0.05, 0) is 26.8 Å². The molecule has 0 unspecified atom stereocenters. The molecule has 0 aliphatic carbocycles. The standard InChI is InChI=1S/C8H7NO.C6H16O3Si/c1-2-4-8-7(3-1)5-6-9-10-8;1-4-7-10(8-5-2)9-6-3/h1-4,6H,5H2;10H,4-6H2,1-3H3. The van der Waals surface area contributed by atoms with Crippen LogP contribution in [0, 0.1) is 0 Å². The van der Waals surface area contributed by atoms with Gasteiger partial charge in [0, 0.05) is 38.0 Å². The molecule has 1 aliphatic heterocycles. The normalized spacial score (nSPS) is 12.4. The Labute approximate surface area is 122 Å². The van der Waals surface area contributed by atoms with E-state index in [1.54, 1.807) is 6.21 Å². The molecule has 0 N–H and O–H groups in total. The van der Waals surface area contributed by atoms with Crippen LogP contribution in [0.1, 0.15) is 26.3 Å². The molecule has 0 aromatic heterocycles. The highest BCUT2D eigenvalue weighted by Gasteiger charge is 2.11. The van der Waals surface area contributed by atoms with Gasteiger partial charge < -0.3 is 18.1 Å². The molecule has 0 bridgehead atoms. The topological polar surface area (TPSA) is 49.3 Å². The lowest BCUT2D eigenvalue weighted by Crippen LogP contribution is -2.27. The predicted molar refractivity (Wildman–Crippen MR) is 81.3 cm³/mol. The van der Waals surface area contributed by atoms with Gasteiger partial charge in [-0.25, -0.2) is 0 Å². The minimum Gasteiger partial charge on any atom is -0.376 e. The molecule has 1 heterocycles. The zero-order valence-corrected chi connectivity index (χ0v) is 13.5. The molecule has 0 spiro atoms. The summed E-state index contributed by atoms with van der Waals surface area (Å²) in [6.07, 6.45) is 2.65. The first-order valence-corrected chi connectivity index (χ1v) is 8.34. The molecule has 1 aromatic carbocycles. The minimum absolute atomic E-state index is 0.677. The van der Waals surface area contributed by atoms with Crippen molar-refractivity contribution in [3.8, 4) is 5.75 Å². The fourth-order valence-corrected chi connectivity index (χ4v) is 2.65. The summed E-state index contributed by atoms with van der Waals surface area (Å²) in [4.78, 5) is 4.99. The second-order valence-electron chi connectivity index (χ2n) is 3.85. The summed E-state index contributed by atoms with van der Waals surface area (Å²) in [5, 5.41) is 3.69. The van der Waals surface area contributed by atoms with Gasteiger partial charge in [0.1, 0.15) is 0 Å². The quantitative estimate of drug-likeness (QED) is 0.757. The van der Waals surface area contributed by atoms with Crippen molar-refractivity contribution in [2.24, 2.45) is 5.16 Å². The van der Waals surface area contributed by atoms with Gasteiger partial charge in [0.25, 0.3) is 0 Å². The Morgan fingerprint density at radius 1 is 1.05 bits per heavy atom. The van der Waals surface area contributed by atoms with Crippen LogP contribution in [0.25, 0.3) is 0 Å². The van der Waals surface area contributed by atoms with Crippen molar-refractivity contribution in [3.63, 3.8) is 0 Å². The first kappa shape index (κ1) is 16.8. The summed E-state index contributed by atoms with van der Waals surface area (Å²) < 4.78 is 15.7. The van der Waals surface area contributed by atoms with Gasteiger partial charge in [0.2, 0.25) is 0 Å². The third-order valence-electron chi connectivity index (χ3n) is 2.42. The summed E-state index contributed by atoms with van der Waals surface area (Å²) in [7, 11) is -1.73. The molecule has 1 aromatic rings. The van der Waals surface area contributed by atoms with Gasteiger partial charge in [-0.3, -0.25) is 0 Å². The molecular formula is C14H23NO4Si. The number of rotatable bonds is 6. The van der Waals surface area contributed by atoms with Crippen molar-refractivity contribution in [2.75, 3.05) is 19.8 Å². The fraction of sp³-hybridized carbons (Fsp3) is 0.500. The summed E-state index contributed by atoms with van der Waals surface area (Å²) in [6.45, 7) is 7.86. The number of para-hydroxylation sites is 1. The maximum Gasteiger partial charge on any atom is 0.484 e. The number of oxime groups is 1. The van der Waals surface area contributed by atoms with Gasteiger partial charge >= 0.3 is 9.53 Å². The Hall–Kier alpha value is -1.21. The van der Waals surface area contributed by atoms with E-state index in [0.717, 1.165) is 12.2 Å². The third-order valence-corrected chi connectivity index (χ3v) is 4.23. The number of fused-ring (bicyclic) bond motifs is 1. The van der Waals surface area contributed by atoms with E-state index in [1.807, 2.05) is 45.0 Å². The van der Waals surface area contributed by atoms with Crippen LogP contribution in [-0.4, -0.2) is 35.6 Å². The largest absolute Gasteiger partial charge is 0.484 e. The lowest BCUT2D eigenvalue weighted by molar-refractivity contribution is 0.107. The van der Waals surface area contributed by atoms with Crippen LogP contribution >= 0.6 is 0 Å². The van der Waals surface area contributed by atoms with E-state index in [1.165, 1.54) is 5.56 Å². The van der Waals surface area contributed by atoms with Crippen molar-refractivity contribution in [2.45, 2.75) is 27.2 Å². The van der Waals surface area contributed by atoms with E-state index in [-0.39, 0.29) is 0 Å². The average Bonchev–Trinajstić information content (AvgIpc) is 2.49. The van der Waals surface area contributed by atoms with Gasteiger partial charge in [-0.1, -0.05) is 23.4 Å². The molecule has 2 rings (SSSR count). The lowest BCUT2D eigenvalue weighted by Gasteiger charge is -2.12. The molecule has 0 atom stereocenters. The van der Waals surface area contributed by atoms with Crippen LogP contribution in [0.2, 0.25) is 0 Å². The lowest BCUT2D eigenvalue weighted by atomic mass is 10.1. The Bertz CT molecular complexity index is 359. The van der Waals surface area contributed by atoms with Gasteiger partial charge in [-0.15, -0.1) is 0 Å². The highest BCUT2D eigenvalue weighted by molar-refractivity contribution is 6.36. The molecule has 6 heteroatoms. The number of hydrogen-bond acceptors (Lipinski definition) is 5. The zero-order chi connectivity index (χ0) is 14.6. The van der Waals surface area contributed by atoms with Gasteiger partial charge in [0.05, 0.1) is 0 Å². The molecule has 0 fully saturated rings. The summed E-state index contributed by atoms with van der Waals surface area (Å²) in [5.41, 5.74) is 1.21. The maximum absolute atomic E-state index is 5.22. The average molecular weight is 297 g/mol. The first-order valence-electron chi connectivity index (χ1n) is 6.93. The van der Waals surface area contributed by atoms with Crippen molar-refractivity contribution >= 4 is 15.7 Å². The summed E-state index contributed by atoms with van der Waals surface area (Å²) in [5.74, 6) is 0.880. The van der Waals surface area contributed by atoms with Crippen molar-refractivity contribution < 1.29 is 18.1 Å². The number of benzene rings is 1. The SMILES string of the molecule is C1=NOc2ccccc2C1.CCO[SiH](OCC)OCC. The second-order valence-corrected chi connectivity index (χ2v) is 5.42. The highest BCUT2D eigenvalue weighted by Crippen LogP contribution is 2.20. The number of hydrogen-bond donors (Lipinski definition) is 0. The minimum atomic E-state index is -1.73. The van der Waals surface area contributed by atoms with Crippen LogP contribution in [0.15, 0.2) is 29.4 Å². The van der Waals surface area contributed by atoms with E-state index in [4.69, 9.17) is 18.1 Å². The molecular weight excluding hydrogens is 274 g/mol. The Kier molecular flexibility index (Phi) is 8.89. The molecule has 112 valence electrons. The Morgan fingerprint density at radius 3 is 2.20 bits per heavy atom. The van der Waals surface area contributed by atoms with Gasteiger partial charge in [-0.2, -0.15) is 0 Å². The highest BCUT2D eigenvalue weighted by atomic mass is 28.3. The fourth-order valence-electron chi connectivity index (χ4n) is 1.54. The molecule has 20 heavy (non-hydrogen) atoms. The molecule has 0 saturated heterocycles. The first-order chi connectivity index (χ1) is 9.81. The van der Waals surface area contributed by atoms with E-state index >= 15 is 0 Å². The van der Waals surface area contributed by atoms with E-state index < -0.39 is 9.53 Å². The zero-order valence-electron chi connectivity index (χ0n) is 12.4. The van der Waals surface area contributed by atoms with E-state index in [9.17, 15) is 0 Å². The van der Waals surface area contributed by atoms with Crippen LogP contribution in [0.4, 0.5) is 0 Å². The molecule has 0 saturated carbocycles. The third kappa shape index (κ3) is 6.29. The smallest absolute Gasteiger partial charge is 0.376 e. The van der Waals surface area contributed by atoms with Crippen LogP contribution in [0.3, 0.4) is 0 Å². The van der Waals surface area contributed by atoms with E-state index in [0.29, 0.717) is 19.8 Å². The molecule has 0 amide bonds. The number of nitrogens with zero attached hydrogens (tertiary/aromatic N) is 1. The Morgan fingerprint density at radius 2 is 1.65 bits per heavy atom. The van der Waals surface area contributed by atoms with Crippen LogP contribution in [-0.2, 0) is 19.7 Å². The second kappa shape index (κ2) is 10.6. The summed E-state index contributed by atoms with van der Waals surface area (Å²) >= 11 is 0. The van der Waals surface area contributed by atoms with E-state index in [2.05, 4.69) is 5.16 Å². The maximum atomic E-state index is 5.22. The molecule has 5 nitrogen and oxygen atoms in total. The molecule has 0 radical (unpaired) electrons. The van der Waals surface area contributed by atoms with Gasteiger partial charge in [0.15, 0.2) is 5.75 Å². The van der Waals surface area contributed by atoms with Crippen LogP contribution in [0.5, 0.6) is 5.75 Å². The van der Waals surface area contributed by atoms with Crippen molar-refractivity contribution in [1.29, 1.82) is 0 Å². The van der Waals surface area contributed by atoms with Crippen molar-refractivity contribution in [3.05, 3.63) is 29.8 Å². The Balaban J connectivity index is 0.000000200. The van der Waals surface area contributed by atoms with Crippen LogP contribution < -0.4 is 4.84 Å².